The van der Waals surface area contributed by atoms with E-state index in [-0.39, 0.29) is 11.3 Å². The second kappa shape index (κ2) is 5.47. The molecule has 2 N–H and O–H groups in total. The summed E-state index contributed by atoms with van der Waals surface area (Å²) in [6, 6.07) is 0. The average Bonchev–Trinajstić information content (AvgIpc) is 2.18. The van der Waals surface area contributed by atoms with Gasteiger partial charge in [-0.3, -0.25) is 4.79 Å². The van der Waals surface area contributed by atoms with Crippen LogP contribution in [-0.2, 0) is 9.53 Å². The average molecular weight is 214 g/mol. The number of carbonyl (C=O) groups is 1. The monoisotopic (exact) mass is 214 g/mol. The van der Waals surface area contributed by atoms with Gasteiger partial charge in [-0.05, 0) is 19.8 Å². The van der Waals surface area contributed by atoms with Gasteiger partial charge in [0.1, 0.15) is 0 Å². The third-order valence-corrected chi connectivity index (χ3v) is 3.39. The number of ether oxygens (including phenoxy) is 1. The van der Waals surface area contributed by atoms with Crippen LogP contribution in [0.1, 0.15) is 26.2 Å². The lowest BCUT2D eigenvalue weighted by atomic mass is 9.68. The lowest BCUT2D eigenvalue weighted by Gasteiger charge is -2.42. The van der Waals surface area contributed by atoms with E-state index in [1.165, 1.54) is 0 Å². The molecule has 1 saturated carbocycles. The van der Waals surface area contributed by atoms with Crippen molar-refractivity contribution in [2.24, 2.45) is 11.1 Å². The molecule has 88 valence electrons. The van der Waals surface area contributed by atoms with E-state index in [4.69, 9.17) is 10.5 Å². The molecule has 0 atom stereocenters. The maximum atomic E-state index is 12.2. The minimum absolute atomic E-state index is 0.218. The van der Waals surface area contributed by atoms with Crippen LogP contribution in [0.5, 0.6) is 0 Å². The maximum Gasteiger partial charge on any atom is 0.230 e. The smallest absolute Gasteiger partial charge is 0.230 e. The van der Waals surface area contributed by atoms with Crippen LogP contribution in [0.25, 0.3) is 0 Å². The van der Waals surface area contributed by atoms with Crippen molar-refractivity contribution in [3.8, 4) is 0 Å². The van der Waals surface area contributed by atoms with Crippen LogP contribution in [0.3, 0.4) is 0 Å². The van der Waals surface area contributed by atoms with Crippen LogP contribution in [0.2, 0.25) is 0 Å². The zero-order valence-electron chi connectivity index (χ0n) is 9.79. The van der Waals surface area contributed by atoms with Crippen LogP contribution < -0.4 is 5.73 Å². The molecule has 0 aromatic heterocycles. The number of hydrogen-bond donors (Lipinski definition) is 1. The number of nitrogens with zero attached hydrogens (tertiary/aromatic N) is 1. The molecule has 15 heavy (non-hydrogen) atoms. The first-order chi connectivity index (χ1) is 7.20. The number of nitrogens with two attached hydrogens (primary N) is 1. The van der Waals surface area contributed by atoms with E-state index >= 15 is 0 Å². The summed E-state index contributed by atoms with van der Waals surface area (Å²) in [4.78, 5) is 14.1. The Labute approximate surface area is 91.8 Å². The third kappa shape index (κ3) is 2.49. The predicted octanol–water partition coefficient (Wildman–Crippen LogP) is 0.610. The Morgan fingerprint density at radius 2 is 2.20 bits per heavy atom. The summed E-state index contributed by atoms with van der Waals surface area (Å²) in [5.74, 6) is 0.218. The number of likely N-dealkylation sites (N-methyl/N-ethyl adjacent to an activating group) is 1. The van der Waals surface area contributed by atoms with Crippen molar-refractivity contribution in [2.75, 3.05) is 33.4 Å². The van der Waals surface area contributed by atoms with Gasteiger partial charge >= 0.3 is 0 Å². The van der Waals surface area contributed by atoms with Gasteiger partial charge in [0.2, 0.25) is 5.91 Å². The highest BCUT2D eigenvalue weighted by Crippen LogP contribution is 2.41. The first kappa shape index (κ1) is 12.5. The first-order valence-electron chi connectivity index (χ1n) is 5.68. The highest BCUT2D eigenvalue weighted by molar-refractivity contribution is 5.83. The van der Waals surface area contributed by atoms with E-state index < -0.39 is 0 Å². The normalized spacial score (nSPS) is 18.3. The maximum absolute atomic E-state index is 12.2. The molecule has 0 heterocycles. The lowest BCUT2D eigenvalue weighted by molar-refractivity contribution is -0.147. The number of hydrogen-bond acceptors (Lipinski definition) is 3. The molecule has 1 aliphatic rings. The number of amides is 1. The number of methoxy groups -OCH3 is 1. The molecule has 1 aliphatic carbocycles. The van der Waals surface area contributed by atoms with Crippen LogP contribution in [0, 0.1) is 5.41 Å². The van der Waals surface area contributed by atoms with Crippen molar-refractivity contribution >= 4 is 5.91 Å². The first-order valence-corrected chi connectivity index (χ1v) is 5.68. The van der Waals surface area contributed by atoms with Gasteiger partial charge < -0.3 is 15.4 Å². The summed E-state index contributed by atoms with van der Waals surface area (Å²) in [7, 11) is 1.65. The molecule has 1 fully saturated rings. The van der Waals surface area contributed by atoms with E-state index in [1.54, 1.807) is 7.11 Å². The summed E-state index contributed by atoms with van der Waals surface area (Å²) in [5, 5.41) is 0. The van der Waals surface area contributed by atoms with Gasteiger partial charge in [0.05, 0.1) is 12.0 Å². The van der Waals surface area contributed by atoms with Crippen LogP contribution in [-0.4, -0.2) is 44.2 Å². The summed E-state index contributed by atoms with van der Waals surface area (Å²) in [6.45, 7) is 4.49. The van der Waals surface area contributed by atoms with Gasteiger partial charge in [0, 0.05) is 26.7 Å². The van der Waals surface area contributed by atoms with Crippen molar-refractivity contribution < 1.29 is 9.53 Å². The molecule has 0 aromatic rings. The lowest BCUT2D eigenvalue weighted by Crippen LogP contribution is -2.52. The molecular formula is C11H22N2O2. The minimum atomic E-state index is -0.246. The van der Waals surface area contributed by atoms with E-state index in [0.717, 1.165) is 25.8 Å². The Morgan fingerprint density at radius 3 is 2.53 bits per heavy atom. The summed E-state index contributed by atoms with van der Waals surface area (Å²) < 4.78 is 5.00. The Morgan fingerprint density at radius 1 is 1.53 bits per heavy atom. The summed E-state index contributed by atoms with van der Waals surface area (Å²) >= 11 is 0. The molecular weight excluding hydrogens is 192 g/mol. The summed E-state index contributed by atoms with van der Waals surface area (Å²) in [5.41, 5.74) is 5.47. The molecule has 4 heteroatoms. The van der Waals surface area contributed by atoms with Crippen molar-refractivity contribution in [1.29, 1.82) is 0 Å². The second-order valence-corrected chi connectivity index (χ2v) is 4.22. The fourth-order valence-corrected chi connectivity index (χ4v) is 2.05. The topological polar surface area (TPSA) is 55.6 Å². The van der Waals surface area contributed by atoms with Gasteiger partial charge in [0.15, 0.2) is 0 Å². The van der Waals surface area contributed by atoms with E-state index in [2.05, 4.69) is 0 Å². The fraction of sp³-hybridized carbons (Fsp3) is 0.909. The molecule has 0 bridgehead atoms. The highest BCUT2D eigenvalue weighted by atomic mass is 16.5. The van der Waals surface area contributed by atoms with Gasteiger partial charge in [0.25, 0.3) is 0 Å². The zero-order valence-corrected chi connectivity index (χ0v) is 9.79. The van der Waals surface area contributed by atoms with Crippen molar-refractivity contribution in [3.63, 3.8) is 0 Å². The Bertz CT molecular complexity index is 209. The van der Waals surface area contributed by atoms with Crippen LogP contribution in [0.4, 0.5) is 0 Å². The molecule has 0 radical (unpaired) electrons. The van der Waals surface area contributed by atoms with Gasteiger partial charge in [-0.25, -0.2) is 0 Å². The van der Waals surface area contributed by atoms with Gasteiger partial charge in [-0.2, -0.15) is 0 Å². The predicted molar refractivity (Wildman–Crippen MR) is 59.5 cm³/mol. The van der Waals surface area contributed by atoms with Crippen molar-refractivity contribution in [2.45, 2.75) is 26.2 Å². The zero-order chi connectivity index (χ0) is 11.3. The van der Waals surface area contributed by atoms with E-state index in [9.17, 15) is 4.79 Å². The van der Waals surface area contributed by atoms with Crippen molar-refractivity contribution in [3.05, 3.63) is 0 Å². The number of carbonyl (C=O) groups excluding carboxylic acids is 1. The molecule has 0 aromatic carbocycles. The summed E-state index contributed by atoms with van der Waals surface area (Å²) in [6.07, 6.45) is 3.03. The Kier molecular flexibility index (Phi) is 4.54. The third-order valence-electron chi connectivity index (χ3n) is 3.39. The van der Waals surface area contributed by atoms with E-state index in [1.807, 2.05) is 11.8 Å². The highest BCUT2D eigenvalue weighted by Gasteiger charge is 2.44. The molecule has 1 rings (SSSR count). The largest absolute Gasteiger partial charge is 0.383 e. The van der Waals surface area contributed by atoms with Crippen LogP contribution >= 0.6 is 0 Å². The molecule has 0 saturated heterocycles. The number of rotatable bonds is 6. The SMILES string of the molecule is CCN(CCOC)C(=O)C1(CN)CCC1. The fourth-order valence-electron chi connectivity index (χ4n) is 2.05. The molecule has 0 spiro atoms. The van der Waals surface area contributed by atoms with Crippen LogP contribution in [0.15, 0.2) is 0 Å². The second-order valence-electron chi connectivity index (χ2n) is 4.22. The van der Waals surface area contributed by atoms with Crippen molar-refractivity contribution in [1.82, 2.24) is 4.90 Å². The minimum Gasteiger partial charge on any atom is -0.383 e. The Balaban J connectivity index is 2.55. The van der Waals surface area contributed by atoms with E-state index in [0.29, 0.717) is 19.7 Å². The molecule has 0 aliphatic heterocycles. The van der Waals surface area contributed by atoms with Gasteiger partial charge in [-0.15, -0.1) is 0 Å². The van der Waals surface area contributed by atoms with Gasteiger partial charge in [-0.1, -0.05) is 6.42 Å². The molecule has 0 unspecified atom stereocenters. The Hall–Kier alpha value is -0.610. The molecule has 4 nitrogen and oxygen atoms in total. The quantitative estimate of drug-likeness (QED) is 0.705. The standard InChI is InChI=1S/C11H22N2O2/c1-3-13(7-8-15-2)10(14)11(9-12)5-4-6-11/h3-9,12H2,1-2H3. The molecule has 1 amide bonds.